The van der Waals surface area contributed by atoms with Crippen molar-refractivity contribution in [3.05, 3.63) is 24.5 Å². The molecule has 0 atom stereocenters. The number of benzene rings is 1. The van der Waals surface area contributed by atoms with E-state index in [1.54, 1.807) is 12.3 Å². The average molecular weight is 240 g/mol. The molecule has 8 N–H and O–H groups in total. The molecule has 0 aliphatic rings. The highest BCUT2D eigenvalue weighted by Gasteiger charge is 2.15. The second-order valence-electron chi connectivity index (χ2n) is 4.08. The van der Waals surface area contributed by atoms with Crippen LogP contribution in [0, 0.1) is 0 Å². The first-order chi connectivity index (χ1) is 8.61. The maximum absolute atomic E-state index is 6.03. The Labute approximate surface area is 103 Å². The van der Waals surface area contributed by atoms with Crippen molar-refractivity contribution in [1.82, 2.24) is 9.97 Å². The van der Waals surface area contributed by atoms with Gasteiger partial charge < -0.3 is 22.9 Å². The number of hydrogen-bond acceptors (Lipinski definition) is 6. The summed E-state index contributed by atoms with van der Waals surface area (Å²) in [6, 6.07) is 3.65. The van der Waals surface area contributed by atoms with Gasteiger partial charge in [-0.25, -0.2) is 0 Å². The second-order valence-corrected chi connectivity index (χ2v) is 4.08. The monoisotopic (exact) mass is 240 g/mol. The fourth-order valence-corrected chi connectivity index (χ4v) is 2.08. The summed E-state index contributed by atoms with van der Waals surface area (Å²) in [6.45, 7) is 0. The molecule has 0 aliphatic heterocycles. The number of nitrogens with two attached hydrogens (primary N) is 4. The zero-order valence-electron chi connectivity index (χ0n) is 9.51. The summed E-state index contributed by atoms with van der Waals surface area (Å²) >= 11 is 0. The second kappa shape index (κ2) is 3.36. The first kappa shape index (κ1) is 10.4. The van der Waals surface area contributed by atoms with E-state index >= 15 is 0 Å². The molecule has 90 valence electrons. The minimum atomic E-state index is 0.379. The molecule has 0 spiro atoms. The molecule has 0 saturated carbocycles. The van der Waals surface area contributed by atoms with E-state index < -0.39 is 0 Å². The summed E-state index contributed by atoms with van der Waals surface area (Å²) in [5.41, 5.74) is 26.6. The third-order valence-electron chi connectivity index (χ3n) is 3.03. The van der Waals surface area contributed by atoms with Crippen molar-refractivity contribution in [3.8, 4) is 0 Å². The Bertz CT molecular complexity index is 780. The molecule has 0 unspecified atom stereocenters. The van der Waals surface area contributed by atoms with E-state index in [0.29, 0.717) is 39.2 Å². The Morgan fingerprint density at radius 3 is 2.39 bits per heavy atom. The molecule has 3 aromatic rings. The summed E-state index contributed by atoms with van der Waals surface area (Å²) in [4.78, 5) is 8.56. The van der Waals surface area contributed by atoms with Crippen LogP contribution in [0.5, 0.6) is 0 Å². The Hall–Kier alpha value is -2.76. The Morgan fingerprint density at radius 1 is 0.833 bits per heavy atom. The topological polar surface area (TPSA) is 130 Å². The molecule has 2 aromatic heterocycles. The first-order valence-corrected chi connectivity index (χ1v) is 5.36. The number of fused-ring (bicyclic) bond motifs is 3. The predicted octanol–water partition coefficient (Wildman–Crippen LogP) is 1.11. The van der Waals surface area contributed by atoms with Gasteiger partial charge in [-0.05, 0) is 12.1 Å². The SMILES string of the molecule is Nc1cnc2c(c1N)c(N)c(N)c1cccnc12. The van der Waals surface area contributed by atoms with E-state index in [-0.39, 0.29) is 0 Å². The minimum absolute atomic E-state index is 0.379. The Balaban J connectivity index is 2.69. The summed E-state index contributed by atoms with van der Waals surface area (Å²) in [6.07, 6.45) is 3.17. The van der Waals surface area contributed by atoms with E-state index in [1.807, 2.05) is 6.07 Å². The van der Waals surface area contributed by atoms with Gasteiger partial charge in [-0.3, -0.25) is 9.97 Å². The minimum Gasteiger partial charge on any atom is -0.396 e. The van der Waals surface area contributed by atoms with Gasteiger partial charge in [0, 0.05) is 11.6 Å². The van der Waals surface area contributed by atoms with Gasteiger partial charge in [-0.1, -0.05) is 0 Å². The van der Waals surface area contributed by atoms with E-state index in [2.05, 4.69) is 9.97 Å². The van der Waals surface area contributed by atoms with E-state index in [0.717, 1.165) is 5.39 Å². The van der Waals surface area contributed by atoms with Gasteiger partial charge in [0.05, 0.1) is 39.8 Å². The van der Waals surface area contributed by atoms with E-state index in [4.69, 9.17) is 22.9 Å². The van der Waals surface area contributed by atoms with Gasteiger partial charge in [-0.15, -0.1) is 0 Å². The van der Waals surface area contributed by atoms with Crippen molar-refractivity contribution in [2.45, 2.75) is 0 Å². The van der Waals surface area contributed by atoms with Crippen molar-refractivity contribution in [3.63, 3.8) is 0 Å². The van der Waals surface area contributed by atoms with Gasteiger partial charge in [0.25, 0.3) is 0 Å². The molecule has 2 heterocycles. The molecule has 6 heteroatoms. The molecule has 0 amide bonds. The number of anilines is 4. The van der Waals surface area contributed by atoms with Crippen molar-refractivity contribution >= 4 is 44.6 Å². The van der Waals surface area contributed by atoms with Crippen LogP contribution < -0.4 is 22.9 Å². The number of pyridine rings is 2. The average Bonchev–Trinajstić information content (AvgIpc) is 2.39. The Morgan fingerprint density at radius 2 is 1.61 bits per heavy atom. The quantitative estimate of drug-likeness (QED) is 0.264. The maximum Gasteiger partial charge on any atom is 0.101 e. The lowest BCUT2D eigenvalue weighted by Crippen LogP contribution is -2.04. The van der Waals surface area contributed by atoms with Crippen LogP contribution in [-0.2, 0) is 0 Å². The van der Waals surface area contributed by atoms with Crippen molar-refractivity contribution in [1.29, 1.82) is 0 Å². The number of nitrogens with zero attached hydrogens (tertiary/aromatic N) is 2. The summed E-state index contributed by atoms with van der Waals surface area (Å²) < 4.78 is 0. The molecular formula is C12H12N6. The highest BCUT2D eigenvalue weighted by Crippen LogP contribution is 2.38. The smallest absolute Gasteiger partial charge is 0.101 e. The van der Waals surface area contributed by atoms with Crippen LogP contribution in [0.2, 0.25) is 0 Å². The summed E-state index contributed by atoms with van der Waals surface area (Å²) in [7, 11) is 0. The Kier molecular flexibility index (Phi) is 1.94. The van der Waals surface area contributed by atoms with Crippen LogP contribution in [0.15, 0.2) is 24.5 Å². The lowest BCUT2D eigenvalue weighted by molar-refractivity contribution is 1.38. The number of nitrogen functional groups attached to an aromatic ring is 4. The molecule has 0 radical (unpaired) electrons. The van der Waals surface area contributed by atoms with Gasteiger partial charge in [0.15, 0.2) is 0 Å². The molecule has 3 rings (SSSR count). The lowest BCUT2D eigenvalue weighted by Gasteiger charge is -2.12. The molecule has 0 aliphatic carbocycles. The summed E-state index contributed by atoms with van der Waals surface area (Å²) in [5.74, 6) is 0. The third-order valence-corrected chi connectivity index (χ3v) is 3.03. The zero-order chi connectivity index (χ0) is 12.9. The lowest BCUT2D eigenvalue weighted by atomic mass is 10.0. The zero-order valence-corrected chi connectivity index (χ0v) is 9.51. The number of rotatable bonds is 0. The first-order valence-electron chi connectivity index (χ1n) is 5.36. The van der Waals surface area contributed by atoms with Crippen LogP contribution >= 0.6 is 0 Å². The fourth-order valence-electron chi connectivity index (χ4n) is 2.08. The van der Waals surface area contributed by atoms with Crippen molar-refractivity contribution < 1.29 is 0 Å². The standard InChI is InChI=1S/C12H12N6/c13-6-4-18-12-7(9(6)15)10(16)8(14)5-2-1-3-17-11(5)12/h1-4H,13-14,16H2,(H2,15,18). The van der Waals surface area contributed by atoms with Crippen LogP contribution in [0.25, 0.3) is 21.8 Å². The van der Waals surface area contributed by atoms with Crippen LogP contribution in [0.3, 0.4) is 0 Å². The largest absolute Gasteiger partial charge is 0.396 e. The predicted molar refractivity (Wildman–Crippen MR) is 74.7 cm³/mol. The van der Waals surface area contributed by atoms with Crippen LogP contribution in [0.1, 0.15) is 0 Å². The molecule has 18 heavy (non-hydrogen) atoms. The van der Waals surface area contributed by atoms with Crippen LogP contribution in [-0.4, -0.2) is 9.97 Å². The third kappa shape index (κ3) is 1.17. The molecule has 1 aromatic carbocycles. The van der Waals surface area contributed by atoms with Crippen LogP contribution in [0.4, 0.5) is 22.7 Å². The maximum atomic E-state index is 6.03. The normalized spacial score (nSPS) is 11.1. The molecule has 0 saturated heterocycles. The van der Waals surface area contributed by atoms with Crippen molar-refractivity contribution in [2.24, 2.45) is 0 Å². The molecule has 0 bridgehead atoms. The van der Waals surface area contributed by atoms with Gasteiger partial charge in [-0.2, -0.15) is 0 Å². The van der Waals surface area contributed by atoms with E-state index in [1.165, 1.54) is 6.20 Å². The highest BCUT2D eigenvalue weighted by atomic mass is 14.8. The van der Waals surface area contributed by atoms with Gasteiger partial charge in [0.1, 0.15) is 5.52 Å². The summed E-state index contributed by atoms with van der Waals surface area (Å²) in [5, 5.41) is 1.33. The molecule has 6 nitrogen and oxygen atoms in total. The highest BCUT2D eigenvalue weighted by molar-refractivity contribution is 6.20. The molecule has 0 fully saturated rings. The number of hydrogen-bond donors (Lipinski definition) is 4. The number of aromatic nitrogens is 2. The van der Waals surface area contributed by atoms with Crippen molar-refractivity contribution in [2.75, 3.05) is 22.9 Å². The van der Waals surface area contributed by atoms with Gasteiger partial charge in [0.2, 0.25) is 0 Å². The fraction of sp³-hybridized carbons (Fsp3) is 0. The molecular weight excluding hydrogens is 228 g/mol. The van der Waals surface area contributed by atoms with E-state index in [9.17, 15) is 0 Å². The van der Waals surface area contributed by atoms with Gasteiger partial charge >= 0.3 is 0 Å².